The molecule has 1 aromatic carbocycles. The van der Waals surface area contributed by atoms with Crippen LogP contribution in [0.25, 0.3) is 11.3 Å². The van der Waals surface area contributed by atoms with E-state index in [2.05, 4.69) is 20.9 Å². The van der Waals surface area contributed by atoms with Gasteiger partial charge in [-0.2, -0.15) is 0 Å². The van der Waals surface area contributed by atoms with Crippen LogP contribution in [0, 0.1) is 0 Å². The first-order valence-corrected chi connectivity index (χ1v) is 5.87. The smallest absolute Gasteiger partial charge is 0.412 e. The first-order valence-electron chi connectivity index (χ1n) is 5.07. The van der Waals surface area contributed by atoms with E-state index in [1.54, 1.807) is 0 Å². The maximum absolute atomic E-state index is 11.3. The third-order valence-corrected chi connectivity index (χ3v) is 3.04. The Balaban J connectivity index is 2.64. The summed E-state index contributed by atoms with van der Waals surface area (Å²) in [4.78, 5) is 14.0. The molecule has 0 aliphatic heterocycles. The number of oxazole rings is 1. The van der Waals surface area contributed by atoms with Gasteiger partial charge >= 0.3 is 5.76 Å². The Morgan fingerprint density at radius 1 is 1.31 bits per heavy atom. The summed E-state index contributed by atoms with van der Waals surface area (Å²) in [7, 11) is 0. The maximum Gasteiger partial charge on any atom is 0.416 e. The molecular weight excluding hydrogens is 270 g/mol. The van der Waals surface area contributed by atoms with Crippen LogP contribution in [0.5, 0.6) is 0 Å². The van der Waals surface area contributed by atoms with Gasteiger partial charge in [0.25, 0.3) is 0 Å². The Labute approximate surface area is 102 Å². The molecule has 1 N–H and O–H groups in total. The summed E-state index contributed by atoms with van der Waals surface area (Å²) < 4.78 is 6.09. The van der Waals surface area contributed by atoms with Crippen molar-refractivity contribution in [1.29, 1.82) is 0 Å². The summed E-state index contributed by atoms with van der Waals surface area (Å²) in [5.74, 6) is 0.451. The maximum atomic E-state index is 11.3. The Kier molecular flexibility index (Phi) is 3.01. The van der Waals surface area contributed by atoms with Crippen LogP contribution in [-0.4, -0.2) is 4.98 Å². The second kappa shape index (κ2) is 4.29. The van der Waals surface area contributed by atoms with Crippen molar-refractivity contribution in [3.05, 3.63) is 45.0 Å². The van der Waals surface area contributed by atoms with Crippen molar-refractivity contribution in [3.63, 3.8) is 0 Å². The molecule has 0 unspecified atom stereocenters. The van der Waals surface area contributed by atoms with Crippen LogP contribution in [-0.2, 0) is 0 Å². The van der Waals surface area contributed by atoms with E-state index in [1.165, 1.54) is 0 Å². The molecule has 0 fully saturated rings. The van der Waals surface area contributed by atoms with Gasteiger partial charge in [0.2, 0.25) is 0 Å². The zero-order valence-electron chi connectivity index (χ0n) is 9.08. The lowest BCUT2D eigenvalue weighted by atomic mass is 10.0. The zero-order chi connectivity index (χ0) is 11.7. The van der Waals surface area contributed by atoms with Crippen LogP contribution in [0.3, 0.4) is 0 Å². The van der Waals surface area contributed by atoms with Crippen molar-refractivity contribution in [2.45, 2.75) is 19.8 Å². The fraction of sp³-hybridized carbons (Fsp3) is 0.250. The molecule has 3 nitrogen and oxygen atoms in total. The summed E-state index contributed by atoms with van der Waals surface area (Å²) >= 11 is 3.46. The Bertz CT molecular complexity index is 554. The minimum Gasteiger partial charge on any atom is -0.412 e. The van der Waals surface area contributed by atoms with Crippen LogP contribution in [0.4, 0.5) is 0 Å². The number of benzene rings is 1. The summed E-state index contributed by atoms with van der Waals surface area (Å²) in [6.07, 6.45) is 0. The molecule has 1 aromatic heterocycles. The van der Waals surface area contributed by atoms with Gasteiger partial charge in [-0.15, -0.1) is 0 Å². The zero-order valence-corrected chi connectivity index (χ0v) is 10.7. The summed E-state index contributed by atoms with van der Waals surface area (Å²) in [6.45, 7) is 3.99. The molecular formula is C12H12BrNO2. The number of nitrogens with one attached hydrogen (secondary N) is 1. The number of rotatable bonds is 2. The van der Waals surface area contributed by atoms with E-state index in [0.717, 1.165) is 15.7 Å². The molecule has 0 spiro atoms. The Morgan fingerprint density at radius 3 is 2.62 bits per heavy atom. The van der Waals surface area contributed by atoms with E-state index >= 15 is 0 Å². The van der Waals surface area contributed by atoms with Gasteiger partial charge in [-0.1, -0.05) is 48.0 Å². The second-order valence-electron chi connectivity index (χ2n) is 3.89. The predicted molar refractivity (Wildman–Crippen MR) is 66.6 cm³/mol. The van der Waals surface area contributed by atoms with Crippen molar-refractivity contribution in [3.8, 4) is 11.3 Å². The van der Waals surface area contributed by atoms with E-state index in [4.69, 9.17) is 4.42 Å². The van der Waals surface area contributed by atoms with Crippen LogP contribution in [0.2, 0.25) is 0 Å². The quantitative estimate of drug-likeness (QED) is 0.916. The first-order chi connectivity index (χ1) is 7.59. The summed E-state index contributed by atoms with van der Waals surface area (Å²) in [6, 6.07) is 7.73. The molecule has 0 amide bonds. The molecule has 0 bridgehead atoms. The van der Waals surface area contributed by atoms with Gasteiger partial charge in [0.1, 0.15) is 5.76 Å². The lowest BCUT2D eigenvalue weighted by Gasteiger charge is -2.05. The average molecular weight is 282 g/mol. The van der Waals surface area contributed by atoms with Crippen molar-refractivity contribution < 1.29 is 4.42 Å². The standard InChI is InChI=1S/C12H12BrNO2/c1-7(2)11-10(14-12(15)16-11)8-5-3-4-6-9(8)13/h3-7H,1-2H3,(H,14,15). The summed E-state index contributed by atoms with van der Waals surface area (Å²) in [5, 5.41) is 0. The highest BCUT2D eigenvalue weighted by Gasteiger charge is 2.16. The number of H-pyrrole nitrogens is 1. The van der Waals surface area contributed by atoms with Gasteiger partial charge in [-0.05, 0) is 6.07 Å². The van der Waals surface area contributed by atoms with Crippen LogP contribution < -0.4 is 5.76 Å². The van der Waals surface area contributed by atoms with E-state index < -0.39 is 5.76 Å². The highest BCUT2D eigenvalue weighted by Crippen LogP contribution is 2.31. The van der Waals surface area contributed by atoms with E-state index in [1.807, 2.05) is 38.1 Å². The topological polar surface area (TPSA) is 46.0 Å². The lowest BCUT2D eigenvalue weighted by molar-refractivity contribution is 0.451. The predicted octanol–water partition coefficient (Wildman–Crippen LogP) is 3.52. The lowest BCUT2D eigenvalue weighted by Crippen LogP contribution is -1.94. The third kappa shape index (κ3) is 1.97. The van der Waals surface area contributed by atoms with Gasteiger partial charge < -0.3 is 4.42 Å². The van der Waals surface area contributed by atoms with Gasteiger partial charge in [0.15, 0.2) is 0 Å². The van der Waals surface area contributed by atoms with Gasteiger partial charge in [0, 0.05) is 16.0 Å². The minimum atomic E-state index is -0.408. The number of aromatic nitrogens is 1. The largest absolute Gasteiger partial charge is 0.416 e. The number of hydrogen-bond acceptors (Lipinski definition) is 2. The molecule has 0 aliphatic rings. The van der Waals surface area contributed by atoms with Gasteiger partial charge in [-0.25, -0.2) is 4.79 Å². The molecule has 1 heterocycles. The molecule has 2 rings (SSSR count). The number of hydrogen-bond donors (Lipinski definition) is 1. The SMILES string of the molecule is CC(C)c1oc(=O)[nH]c1-c1ccccc1Br. The molecule has 0 saturated carbocycles. The Morgan fingerprint density at radius 2 is 2.00 bits per heavy atom. The van der Waals surface area contributed by atoms with E-state index in [-0.39, 0.29) is 5.92 Å². The number of aromatic amines is 1. The molecule has 4 heteroatoms. The van der Waals surface area contributed by atoms with Crippen molar-refractivity contribution in [2.75, 3.05) is 0 Å². The van der Waals surface area contributed by atoms with E-state index in [0.29, 0.717) is 5.76 Å². The average Bonchev–Trinajstić information content (AvgIpc) is 2.61. The van der Waals surface area contributed by atoms with Crippen molar-refractivity contribution >= 4 is 15.9 Å². The summed E-state index contributed by atoms with van der Waals surface area (Å²) in [5.41, 5.74) is 1.70. The second-order valence-corrected chi connectivity index (χ2v) is 4.74. The van der Waals surface area contributed by atoms with Gasteiger partial charge in [0.05, 0.1) is 5.69 Å². The molecule has 84 valence electrons. The molecule has 0 saturated heterocycles. The monoisotopic (exact) mass is 281 g/mol. The highest BCUT2D eigenvalue weighted by molar-refractivity contribution is 9.10. The molecule has 2 aromatic rings. The fourth-order valence-electron chi connectivity index (χ4n) is 1.61. The van der Waals surface area contributed by atoms with Gasteiger partial charge in [-0.3, -0.25) is 4.98 Å². The van der Waals surface area contributed by atoms with Crippen LogP contribution in [0.1, 0.15) is 25.5 Å². The Hall–Kier alpha value is -1.29. The fourth-order valence-corrected chi connectivity index (χ4v) is 2.09. The number of halogens is 1. The first kappa shape index (κ1) is 11.2. The minimum absolute atomic E-state index is 0.168. The van der Waals surface area contributed by atoms with E-state index in [9.17, 15) is 4.79 Å². The van der Waals surface area contributed by atoms with Crippen LogP contribution >= 0.6 is 15.9 Å². The van der Waals surface area contributed by atoms with Crippen LogP contribution in [0.15, 0.2) is 37.9 Å². The molecule has 16 heavy (non-hydrogen) atoms. The van der Waals surface area contributed by atoms with Crippen molar-refractivity contribution in [1.82, 2.24) is 4.98 Å². The molecule has 0 aliphatic carbocycles. The molecule has 0 atom stereocenters. The normalized spacial score (nSPS) is 11.0. The van der Waals surface area contributed by atoms with Crippen molar-refractivity contribution in [2.24, 2.45) is 0 Å². The third-order valence-electron chi connectivity index (χ3n) is 2.34. The molecule has 0 radical (unpaired) electrons. The highest BCUT2D eigenvalue weighted by atomic mass is 79.9.